The van der Waals surface area contributed by atoms with Gasteiger partial charge in [0.25, 0.3) is 0 Å². The molecule has 70 heavy (non-hydrogen) atoms. The minimum Gasteiger partial charge on any atom is -0.394 e. The predicted molar refractivity (Wildman–Crippen MR) is 289 cm³/mol. The molecule has 9 unspecified atom stereocenters. The molecule has 0 bridgehead atoms. The molecule has 412 valence electrons. The van der Waals surface area contributed by atoms with Crippen LogP contribution in [0.5, 0.6) is 0 Å². The Morgan fingerprint density at radius 3 is 1.27 bits per heavy atom. The Balaban J connectivity index is 2.34. The lowest BCUT2D eigenvalue weighted by molar-refractivity contribution is -0.303. The summed E-state index contributed by atoms with van der Waals surface area (Å²) in [6, 6.07) is -1.19. The molecular formula is C59H111NO10. The van der Waals surface area contributed by atoms with Crippen LogP contribution in [0.4, 0.5) is 0 Å². The maximum Gasteiger partial charge on any atom is 0.249 e. The molecule has 0 aliphatic carbocycles. The molecule has 1 amide bonds. The van der Waals surface area contributed by atoms with E-state index in [1.807, 2.05) is 0 Å². The van der Waals surface area contributed by atoms with Gasteiger partial charge in [0.05, 0.1) is 25.4 Å². The first-order chi connectivity index (χ1) is 34.2. The molecule has 11 nitrogen and oxygen atoms in total. The summed E-state index contributed by atoms with van der Waals surface area (Å²) >= 11 is 0. The number of carbonyl (C=O) groups is 1. The quantitative estimate of drug-likeness (QED) is 0.0215. The summed E-state index contributed by atoms with van der Waals surface area (Å²) < 4.78 is 11.1. The van der Waals surface area contributed by atoms with Crippen LogP contribution in [0.15, 0.2) is 36.5 Å². The van der Waals surface area contributed by atoms with Gasteiger partial charge in [-0.05, 0) is 64.2 Å². The van der Waals surface area contributed by atoms with Gasteiger partial charge in [-0.15, -0.1) is 0 Å². The van der Waals surface area contributed by atoms with E-state index >= 15 is 0 Å². The molecule has 1 heterocycles. The van der Waals surface area contributed by atoms with E-state index in [-0.39, 0.29) is 12.8 Å². The zero-order valence-electron chi connectivity index (χ0n) is 45.0. The lowest BCUT2D eigenvalue weighted by Crippen LogP contribution is -2.60. The average molecular weight is 995 g/mol. The van der Waals surface area contributed by atoms with Crippen molar-refractivity contribution in [2.45, 2.75) is 319 Å². The maximum atomic E-state index is 13.2. The highest BCUT2D eigenvalue weighted by Gasteiger charge is 2.44. The predicted octanol–water partition coefficient (Wildman–Crippen LogP) is 12.3. The largest absolute Gasteiger partial charge is 0.394 e. The molecule has 1 saturated heterocycles. The second-order valence-corrected chi connectivity index (χ2v) is 20.7. The SMILES string of the molecule is CCCCCCCCC/C=C/CC/C=C/CC/C=C/CCCC(O)C(O)C(COC1OC(CO)C(O)C(O)C1O)NC(=O)C(O)CCCCCCCCCCCCCCCCCCCCCCCCC. The topological polar surface area (TPSA) is 189 Å². The van der Waals surface area contributed by atoms with Crippen molar-refractivity contribution in [2.24, 2.45) is 0 Å². The van der Waals surface area contributed by atoms with E-state index in [2.05, 4.69) is 55.6 Å². The summed E-state index contributed by atoms with van der Waals surface area (Å²) in [6.45, 7) is 3.45. The van der Waals surface area contributed by atoms with Crippen molar-refractivity contribution in [3.8, 4) is 0 Å². The van der Waals surface area contributed by atoms with Crippen molar-refractivity contribution in [3.63, 3.8) is 0 Å². The van der Waals surface area contributed by atoms with Gasteiger partial charge in [-0.25, -0.2) is 0 Å². The second-order valence-electron chi connectivity index (χ2n) is 20.7. The number of amides is 1. The third-order valence-corrected chi connectivity index (χ3v) is 14.2. The van der Waals surface area contributed by atoms with Crippen LogP contribution in [0, 0.1) is 0 Å². The third-order valence-electron chi connectivity index (χ3n) is 14.2. The maximum absolute atomic E-state index is 13.2. The van der Waals surface area contributed by atoms with Gasteiger partial charge >= 0.3 is 0 Å². The van der Waals surface area contributed by atoms with Gasteiger partial charge in [-0.3, -0.25) is 4.79 Å². The van der Waals surface area contributed by atoms with E-state index in [1.54, 1.807) is 0 Å². The number of carbonyl (C=O) groups excluding carboxylic acids is 1. The van der Waals surface area contributed by atoms with Crippen LogP contribution in [0.1, 0.15) is 264 Å². The van der Waals surface area contributed by atoms with Crippen molar-refractivity contribution in [1.82, 2.24) is 5.32 Å². The van der Waals surface area contributed by atoms with Crippen LogP contribution in [-0.2, 0) is 14.3 Å². The minimum absolute atomic E-state index is 0.242. The van der Waals surface area contributed by atoms with Crippen LogP contribution < -0.4 is 5.32 Å². The molecule has 0 radical (unpaired) electrons. The van der Waals surface area contributed by atoms with Crippen molar-refractivity contribution < 1.29 is 50.0 Å². The summed E-state index contributed by atoms with van der Waals surface area (Å²) in [4.78, 5) is 13.2. The highest BCUT2D eigenvalue weighted by Crippen LogP contribution is 2.23. The lowest BCUT2D eigenvalue weighted by atomic mass is 9.98. The fourth-order valence-electron chi connectivity index (χ4n) is 9.36. The number of nitrogens with one attached hydrogen (secondary N) is 1. The van der Waals surface area contributed by atoms with Gasteiger partial charge in [-0.2, -0.15) is 0 Å². The van der Waals surface area contributed by atoms with Crippen molar-refractivity contribution >= 4 is 5.91 Å². The Kier molecular flexibility index (Phi) is 45.8. The first-order valence-electron chi connectivity index (χ1n) is 29.4. The Morgan fingerprint density at radius 1 is 0.486 bits per heavy atom. The Labute approximate surface area is 428 Å². The summed E-state index contributed by atoms with van der Waals surface area (Å²) in [6.07, 6.45) is 47.7. The average Bonchev–Trinajstić information content (AvgIpc) is 3.36. The molecule has 8 N–H and O–H groups in total. The Morgan fingerprint density at radius 2 is 0.857 bits per heavy atom. The number of hydrogen-bond donors (Lipinski definition) is 8. The molecule has 1 rings (SSSR count). The van der Waals surface area contributed by atoms with Gasteiger partial charge in [0.15, 0.2) is 6.29 Å². The fraction of sp³-hybridized carbons (Fsp3) is 0.881. The minimum atomic E-state index is -1.67. The number of aliphatic hydroxyl groups excluding tert-OH is 7. The fourth-order valence-corrected chi connectivity index (χ4v) is 9.36. The van der Waals surface area contributed by atoms with E-state index in [0.29, 0.717) is 19.3 Å². The summed E-state index contributed by atoms with van der Waals surface area (Å²) in [5, 5.41) is 76.1. The molecule has 1 fully saturated rings. The number of ether oxygens (including phenoxy) is 2. The molecule has 0 aromatic carbocycles. The van der Waals surface area contributed by atoms with Crippen LogP contribution in [0.2, 0.25) is 0 Å². The molecule has 11 heteroatoms. The highest BCUT2D eigenvalue weighted by atomic mass is 16.7. The molecule has 0 saturated carbocycles. The van der Waals surface area contributed by atoms with E-state index in [4.69, 9.17) is 9.47 Å². The standard InChI is InChI=1S/C59H111NO10/c1-3-5-7-9-11-13-15-17-19-21-23-25-26-27-29-31-33-35-37-39-41-43-45-47-52(63)58(68)60-50(49-69-59-57(67)56(66)55(65)53(48-61)70-59)54(64)51(62)46-44-42-40-38-36-34-32-30-28-24-22-20-18-16-14-12-10-8-6-4-2/h20,22,30,32,38,40,50-57,59,61-67H,3-19,21,23-29,31,33-37,39,41-49H2,1-2H3,(H,60,68)/b22-20+,32-30+,40-38+. The number of aliphatic hydroxyl groups is 7. The van der Waals surface area contributed by atoms with E-state index in [9.17, 15) is 40.5 Å². The zero-order valence-corrected chi connectivity index (χ0v) is 45.0. The lowest BCUT2D eigenvalue weighted by Gasteiger charge is -2.40. The van der Waals surface area contributed by atoms with Crippen LogP contribution >= 0.6 is 0 Å². The van der Waals surface area contributed by atoms with Crippen molar-refractivity contribution in [1.29, 1.82) is 0 Å². The molecule has 0 spiro atoms. The summed E-state index contributed by atoms with van der Waals surface area (Å²) in [5.41, 5.74) is 0. The summed E-state index contributed by atoms with van der Waals surface area (Å²) in [7, 11) is 0. The van der Waals surface area contributed by atoms with E-state index in [1.165, 1.54) is 173 Å². The van der Waals surface area contributed by atoms with Gasteiger partial charge in [0, 0.05) is 0 Å². The van der Waals surface area contributed by atoms with Gasteiger partial charge in [0.1, 0.15) is 36.6 Å². The molecule has 1 aliphatic rings. The summed E-state index contributed by atoms with van der Waals surface area (Å²) in [5.74, 6) is -0.709. The zero-order chi connectivity index (χ0) is 51.1. The normalized spacial score (nSPS) is 20.5. The van der Waals surface area contributed by atoms with Gasteiger partial charge in [0.2, 0.25) is 5.91 Å². The first-order valence-corrected chi connectivity index (χ1v) is 29.4. The van der Waals surface area contributed by atoms with E-state index < -0.39 is 74.2 Å². The number of allylic oxidation sites excluding steroid dienone is 6. The number of rotatable bonds is 50. The number of hydrogen-bond acceptors (Lipinski definition) is 10. The monoisotopic (exact) mass is 994 g/mol. The Hall–Kier alpha value is -1.67. The molecule has 9 atom stereocenters. The number of unbranched alkanes of at least 4 members (excludes halogenated alkanes) is 32. The molecule has 0 aromatic rings. The van der Waals surface area contributed by atoms with Crippen molar-refractivity contribution in [3.05, 3.63) is 36.5 Å². The van der Waals surface area contributed by atoms with Gasteiger partial charge < -0.3 is 50.5 Å². The van der Waals surface area contributed by atoms with Crippen molar-refractivity contribution in [2.75, 3.05) is 13.2 Å². The van der Waals surface area contributed by atoms with Gasteiger partial charge in [-0.1, -0.05) is 237 Å². The van der Waals surface area contributed by atoms with Crippen LogP contribution in [-0.4, -0.2) is 110 Å². The molecule has 1 aliphatic heterocycles. The third kappa shape index (κ3) is 36.3. The van der Waals surface area contributed by atoms with E-state index in [0.717, 1.165) is 44.9 Å². The van der Waals surface area contributed by atoms with Crippen LogP contribution in [0.25, 0.3) is 0 Å². The first kappa shape index (κ1) is 66.3. The van der Waals surface area contributed by atoms with Crippen LogP contribution in [0.3, 0.4) is 0 Å². The highest BCUT2D eigenvalue weighted by molar-refractivity contribution is 5.80. The molecular weight excluding hydrogens is 883 g/mol. The molecule has 0 aromatic heterocycles. The second kappa shape index (κ2) is 48.3. The Bertz CT molecular complexity index is 1230. The smallest absolute Gasteiger partial charge is 0.249 e.